The first kappa shape index (κ1) is 21.0. The second kappa shape index (κ2) is 9.68. The standard InChI is InChI=1S/C25H31F3/c1-2-19-7-9-20(10-8-19)5-3-4-6-21-11-13-22(14-12-21)23-15-17-24(18-16-23)25(26,27)28/h3,5,15-22H,2,7-14H2,1H3/t19-,20-,21-,22-. The molecule has 0 spiro atoms. The van der Waals surface area contributed by atoms with Gasteiger partial charge in [-0.1, -0.05) is 43.4 Å². The van der Waals surface area contributed by atoms with Gasteiger partial charge < -0.3 is 0 Å². The van der Waals surface area contributed by atoms with Gasteiger partial charge in [0.2, 0.25) is 0 Å². The van der Waals surface area contributed by atoms with Gasteiger partial charge in [-0.2, -0.15) is 13.2 Å². The smallest absolute Gasteiger partial charge is 0.166 e. The lowest BCUT2D eigenvalue weighted by Crippen LogP contribution is -2.12. The van der Waals surface area contributed by atoms with E-state index >= 15 is 0 Å². The van der Waals surface area contributed by atoms with E-state index < -0.39 is 11.7 Å². The molecule has 3 heteroatoms. The Bertz CT molecular complexity index is 686. The molecular formula is C25H31F3. The van der Waals surface area contributed by atoms with Gasteiger partial charge in [-0.05, 0) is 92.9 Å². The molecule has 0 aliphatic heterocycles. The first-order valence-electron chi connectivity index (χ1n) is 10.8. The SMILES string of the molecule is CC[C@H]1CC[C@H](C=CC#C[C@H]2CC[C@H](c3ccc(C(F)(F)F)cc3)CC2)CC1. The number of rotatable bonds is 3. The maximum atomic E-state index is 12.7. The molecule has 0 aromatic heterocycles. The van der Waals surface area contributed by atoms with Crippen LogP contribution in [0.5, 0.6) is 0 Å². The summed E-state index contributed by atoms with van der Waals surface area (Å²) < 4.78 is 38.1. The third kappa shape index (κ3) is 5.90. The van der Waals surface area contributed by atoms with Crippen LogP contribution in [0.1, 0.15) is 81.8 Å². The fourth-order valence-corrected chi connectivity index (χ4v) is 4.65. The van der Waals surface area contributed by atoms with E-state index in [0.29, 0.717) is 17.8 Å². The molecule has 0 bridgehead atoms. The molecule has 2 saturated carbocycles. The van der Waals surface area contributed by atoms with Gasteiger partial charge in [-0.15, -0.1) is 0 Å². The molecule has 2 aliphatic rings. The van der Waals surface area contributed by atoms with E-state index in [9.17, 15) is 13.2 Å². The lowest BCUT2D eigenvalue weighted by atomic mass is 9.79. The minimum Gasteiger partial charge on any atom is -0.166 e. The highest BCUT2D eigenvalue weighted by molar-refractivity contribution is 5.28. The van der Waals surface area contributed by atoms with E-state index in [2.05, 4.69) is 30.9 Å². The van der Waals surface area contributed by atoms with E-state index in [1.807, 2.05) is 0 Å². The Hall–Kier alpha value is -1.69. The molecule has 0 atom stereocenters. The van der Waals surface area contributed by atoms with Crippen molar-refractivity contribution >= 4 is 0 Å². The zero-order valence-corrected chi connectivity index (χ0v) is 16.8. The summed E-state index contributed by atoms with van der Waals surface area (Å²) in [6, 6.07) is 5.71. The number of benzene rings is 1. The molecule has 152 valence electrons. The quantitative estimate of drug-likeness (QED) is 0.464. The molecule has 3 rings (SSSR count). The van der Waals surface area contributed by atoms with Gasteiger partial charge in [0.05, 0.1) is 5.56 Å². The van der Waals surface area contributed by atoms with Crippen LogP contribution in [-0.2, 0) is 6.18 Å². The third-order valence-corrected chi connectivity index (χ3v) is 6.64. The Morgan fingerprint density at radius 3 is 2.14 bits per heavy atom. The summed E-state index contributed by atoms with van der Waals surface area (Å²) in [6.07, 6.45) is 10.8. The minimum absolute atomic E-state index is 0.365. The maximum absolute atomic E-state index is 12.7. The summed E-state index contributed by atoms with van der Waals surface area (Å²) in [4.78, 5) is 0. The van der Waals surface area contributed by atoms with Crippen molar-refractivity contribution in [3.8, 4) is 11.8 Å². The highest BCUT2D eigenvalue weighted by Gasteiger charge is 2.30. The summed E-state index contributed by atoms with van der Waals surface area (Å²) in [7, 11) is 0. The summed E-state index contributed by atoms with van der Waals surface area (Å²) in [5.74, 6) is 9.06. The van der Waals surface area contributed by atoms with E-state index in [0.717, 1.165) is 37.2 Å². The van der Waals surface area contributed by atoms with Crippen molar-refractivity contribution < 1.29 is 13.2 Å². The molecule has 1 aromatic rings. The second-order valence-corrected chi connectivity index (χ2v) is 8.51. The minimum atomic E-state index is -4.26. The molecule has 0 radical (unpaired) electrons. The van der Waals surface area contributed by atoms with Crippen molar-refractivity contribution in [3.63, 3.8) is 0 Å². The second-order valence-electron chi connectivity index (χ2n) is 8.51. The van der Waals surface area contributed by atoms with Crippen molar-refractivity contribution in [2.75, 3.05) is 0 Å². The summed E-state index contributed by atoms with van der Waals surface area (Å²) >= 11 is 0. The van der Waals surface area contributed by atoms with Crippen LogP contribution in [0.3, 0.4) is 0 Å². The summed E-state index contributed by atoms with van der Waals surface area (Å²) in [6.45, 7) is 2.29. The van der Waals surface area contributed by atoms with Gasteiger partial charge in [0.25, 0.3) is 0 Å². The lowest BCUT2D eigenvalue weighted by Gasteiger charge is -2.26. The van der Waals surface area contributed by atoms with Crippen LogP contribution < -0.4 is 0 Å². The van der Waals surface area contributed by atoms with Crippen molar-refractivity contribution in [1.82, 2.24) is 0 Å². The van der Waals surface area contributed by atoms with E-state index in [1.165, 1.54) is 44.2 Å². The molecule has 0 saturated heterocycles. The van der Waals surface area contributed by atoms with Gasteiger partial charge in [-0.25, -0.2) is 0 Å². The molecule has 0 N–H and O–H groups in total. The number of allylic oxidation sites excluding steroid dienone is 2. The van der Waals surface area contributed by atoms with Crippen LogP contribution in [0.2, 0.25) is 0 Å². The molecule has 0 nitrogen and oxygen atoms in total. The molecule has 0 amide bonds. The Kier molecular flexibility index (Phi) is 7.27. The number of hydrogen-bond donors (Lipinski definition) is 0. The molecule has 28 heavy (non-hydrogen) atoms. The van der Waals surface area contributed by atoms with Gasteiger partial charge in [0.15, 0.2) is 0 Å². The van der Waals surface area contributed by atoms with Crippen LogP contribution in [-0.4, -0.2) is 0 Å². The fraction of sp³-hybridized carbons (Fsp3) is 0.600. The Morgan fingerprint density at radius 1 is 0.929 bits per heavy atom. The van der Waals surface area contributed by atoms with Crippen LogP contribution in [0.25, 0.3) is 0 Å². The molecule has 2 fully saturated rings. The van der Waals surface area contributed by atoms with Gasteiger partial charge in [-0.3, -0.25) is 0 Å². The van der Waals surface area contributed by atoms with Crippen molar-refractivity contribution in [1.29, 1.82) is 0 Å². The zero-order chi connectivity index (χ0) is 20.0. The van der Waals surface area contributed by atoms with Gasteiger partial charge >= 0.3 is 6.18 Å². The largest absolute Gasteiger partial charge is 0.416 e. The highest BCUT2D eigenvalue weighted by atomic mass is 19.4. The first-order valence-corrected chi connectivity index (χ1v) is 10.8. The molecule has 1 aromatic carbocycles. The average Bonchev–Trinajstić information content (AvgIpc) is 2.71. The van der Waals surface area contributed by atoms with Crippen molar-refractivity contribution in [2.24, 2.45) is 17.8 Å². The van der Waals surface area contributed by atoms with E-state index in [1.54, 1.807) is 12.1 Å². The summed E-state index contributed by atoms with van der Waals surface area (Å²) in [5, 5.41) is 0. The number of hydrogen-bond acceptors (Lipinski definition) is 0. The molecule has 0 heterocycles. The predicted octanol–water partition coefficient (Wildman–Crippen LogP) is 7.76. The van der Waals surface area contributed by atoms with Crippen molar-refractivity contribution in [2.45, 2.75) is 76.8 Å². The Morgan fingerprint density at radius 2 is 1.57 bits per heavy atom. The predicted molar refractivity (Wildman–Crippen MR) is 109 cm³/mol. The fourth-order valence-electron chi connectivity index (χ4n) is 4.65. The van der Waals surface area contributed by atoms with Crippen LogP contribution >= 0.6 is 0 Å². The monoisotopic (exact) mass is 388 g/mol. The first-order chi connectivity index (χ1) is 13.5. The van der Waals surface area contributed by atoms with Gasteiger partial charge in [0, 0.05) is 5.92 Å². The molecular weight excluding hydrogens is 357 g/mol. The van der Waals surface area contributed by atoms with Gasteiger partial charge in [0.1, 0.15) is 0 Å². The average molecular weight is 389 g/mol. The zero-order valence-electron chi connectivity index (χ0n) is 16.8. The molecule has 0 unspecified atom stereocenters. The third-order valence-electron chi connectivity index (χ3n) is 6.64. The van der Waals surface area contributed by atoms with E-state index in [-0.39, 0.29) is 0 Å². The van der Waals surface area contributed by atoms with Crippen molar-refractivity contribution in [3.05, 3.63) is 47.5 Å². The number of halogens is 3. The van der Waals surface area contributed by atoms with Crippen LogP contribution in [0, 0.1) is 29.6 Å². The maximum Gasteiger partial charge on any atom is 0.416 e. The molecule has 2 aliphatic carbocycles. The normalized spacial score (nSPS) is 28.7. The lowest BCUT2D eigenvalue weighted by molar-refractivity contribution is -0.137. The Balaban J connectivity index is 1.43. The highest BCUT2D eigenvalue weighted by Crippen LogP contribution is 2.37. The topological polar surface area (TPSA) is 0 Å². The number of alkyl halides is 3. The van der Waals surface area contributed by atoms with Crippen LogP contribution in [0.4, 0.5) is 13.2 Å². The van der Waals surface area contributed by atoms with E-state index in [4.69, 9.17) is 0 Å². The summed E-state index contributed by atoms with van der Waals surface area (Å²) in [5.41, 5.74) is 0.466. The van der Waals surface area contributed by atoms with Crippen LogP contribution in [0.15, 0.2) is 36.4 Å². The Labute approximate surface area is 167 Å².